The van der Waals surface area contributed by atoms with Crippen molar-refractivity contribution in [2.45, 2.75) is 24.8 Å². The summed E-state index contributed by atoms with van der Waals surface area (Å²) in [7, 11) is 1.55. The zero-order valence-electron chi connectivity index (χ0n) is 19.0. The highest BCUT2D eigenvalue weighted by molar-refractivity contribution is 8.00. The molecule has 1 aromatic carbocycles. The number of β-lactam (4-membered cyclic amide) rings is 1. The van der Waals surface area contributed by atoms with E-state index in [2.05, 4.69) is 5.32 Å². The van der Waals surface area contributed by atoms with Gasteiger partial charge in [0.25, 0.3) is 5.91 Å². The number of carbonyl (C=O) groups excluding carboxylic acids is 3. The Bertz CT molecular complexity index is 1300. The Morgan fingerprint density at radius 3 is 2.57 bits per heavy atom. The number of hydrogen-bond acceptors (Lipinski definition) is 8. The van der Waals surface area contributed by atoms with Crippen molar-refractivity contribution in [1.29, 1.82) is 0 Å². The van der Waals surface area contributed by atoms with Crippen LogP contribution in [0.1, 0.15) is 16.4 Å². The molecule has 2 aliphatic heterocycles. The van der Waals surface area contributed by atoms with Crippen LogP contribution in [-0.4, -0.2) is 47.0 Å². The molecule has 2 atom stereocenters. The van der Waals surface area contributed by atoms with Crippen LogP contribution in [0, 0.1) is 6.92 Å². The lowest BCUT2D eigenvalue weighted by Crippen LogP contribution is -2.70. The number of benzene rings is 1. The maximum absolute atomic E-state index is 13.3. The predicted octanol–water partition coefficient (Wildman–Crippen LogP) is 3.62. The molecule has 0 bridgehead atoms. The van der Waals surface area contributed by atoms with E-state index in [1.807, 2.05) is 24.4 Å². The summed E-state index contributed by atoms with van der Waals surface area (Å²) in [4.78, 5) is 41.4. The Kier molecular flexibility index (Phi) is 6.40. The van der Waals surface area contributed by atoms with Gasteiger partial charge in [0.15, 0.2) is 0 Å². The number of nitrogens with zero attached hydrogens (tertiary/aromatic N) is 1. The Hall–Kier alpha value is -3.50. The molecule has 2 aliphatic rings. The van der Waals surface area contributed by atoms with E-state index in [-0.39, 0.29) is 23.9 Å². The number of hydrogen-bond donors (Lipinski definition) is 1. The van der Waals surface area contributed by atoms with Crippen LogP contribution >= 0.6 is 23.1 Å². The van der Waals surface area contributed by atoms with Gasteiger partial charge in [-0.2, -0.15) is 0 Å². The number of nitrogens with one attached hydrogen (secondary N) is 1. The summed E-state index contributed by atoms with van der Waals surface area (Å²) < 4.78 is 16.5. The summed E-state index contributed by atoms with van der Waals surface area (Å²) in [5.74, 6) is 1.32. The van der Waals surface area contributed by atoms with E-state index in [1.54, 1.807) is 43.5 Å². The molecule has 180 valence electrons. The first-order chi connectivity index (χ1) is 16.9. The molecule has 1 fully saturated rings. The maximum atomic E-state index is 13.3. The van der Waals surface area contributed by atoms with Gasteiger partial charge in [-0.3, -0.25) is 14.5 Å². The van der Waals surface area contributed by atoms with E-state index in [4.69, 9.17) is 13.9 Å². The van der Waals surface area contributed by atoms with E-state index in [9.17, 15) is 14.4 Å². The fourth-order valence-corrected chi connectivity index (χ4v) is 6.04. The zero-order chi connectivity index (χ0) is 24.5. The molecule has 3 aromatic rings. The van der Waals surface area contributed by atoms with Crippen LogP contribution in [0.5, 0.6) is 11.5 Å². The minimum Gasteiger partial charge on any atom is -0.497 e. The molecule has 0 radical (unpaired) electrons. The summed E-state index contributed by atoms with van der Waals surface area (Å²) in [6, 6.07) is 13.2. The van der Waals surface area contributed by atoms with Crippen LogP contribution in [-0.2, 0) is 20.8 Å². The predicted molar refractivity (Wildman–Crippen MR) is 132 cm³/mol. The summed E-state index contributed by atoms with van der Waals surface area (Å²) in [6.45, 7) is 1.81. The second kappa shape index (κ2) is 9.63. The Balaban J connectivity index is 1.39. The monoisotopic (exact) mass is 510 g/mol. The molecular formula is C25H22N2O6S2. The summed E-state index contributed by atoms with van der Waals surface area (Å²) in [5.41, 5.74) is 0.710. The molecule has 35 heavy (non-hydrogen) atoms. The van der Waals surface area contributed by atoms with Gasteiger partial charge in [-0.1, -0.05) is 6.07 Å². The van der Waals surface area contributed by atoms with E-state index in [0.717, 1.165) is 4.88 Å². The number of rotatable bonds is 7. The van der Waals surface area contributed by atoms with E-state index >= 15 is 0 Å². The second-order valence-electron chi connectivity index (χ2n) is 8.01. The first-order valence-electron chi connectivity index (χ1n) is 10.9. The smallest absolute Gasteiger partial charge is 0.360 e. The van der Waals surface area contributed by atoms with Gasteiger partial charge in [0.2, 0.25) is 5.91 Å². The highest BCUT2D eigenvalue weighted by atomic mass is 32.2. The average Bonchev–Trinajstić information content (AvgIpc) is 3.53. The molecule has 1 N–H and O–H groups in total. The van der Waals surface area contributed by atoms with Crippen LogP contribution in [0.3, 0.4) is 0 Å². The number of aryl methyl sites for hydroxylation is 1. The van der Waals surface area contributed by atoms with Gasteiger partial charge < -0.3 is 19.2 Å². The largest absolute Gasteiger partial charge is 0.497 e. The van der Waals surface area contributed by atoms with Gasteiger partial charge in [-0.15, -0.1) is 23.1 Å². The quantitative estimate of drug-likeness (QED) is 0.295. The molecule has 0 spiro atoms. The van der Waals surface area contributed by atoms with E-state index < -0.39 is 17.4 Å². The van der Waals surface area contributed by atoms with Crippen molar-refractivity contribution >= 4 is 46.5 Å². The maximum Gasteiger partial charge on any atom is 0.360 e. The third-order valence-electron chi connectivity index (χ3n) is 5.70. The number of furan rings is 1. The van der Waals surface area contributed by atoms with Crippen molar-refractivity contribution in [3.63, 3.8) is 0 Å². The first kappa shape index (κ1) is 23.3. The van der Waals surface area contributed by atoms with Crippen molar-refractivity contribution in [2.24, 2.45) is 0 Å². The number of methoxy groups -OCH3 is 1. The minimum absolute atomic E-state index is 0.132. The van der Waals surface area contributed by atoms with Crippen LogP contribution in [0.15, 0.2) is 64.0 Å². The number of esters is 1. The fourth-order valence-electron chi connectivity index (χ4n) is 3.99. The van der Waals surface area contributed by atoms with Crippen LogP contribution in [0.25, 0.3) is 5.57 Å². The van der Waals surface area contributed by atoms with Crippen molar-refractivity contribution < 1.29 is 28.3 Å². The number of thioether (sulfide) groups is 1. The molecule has 0 aliphatic carbocycles. The van der Waals surface area contributed by atoms with E-state index in [0.29, 0.717) is 34.3 Å². The number of carbonyl (C=O) groups is 3. The molecule has 4 heterocycles. The third kappa shape index (κ3) is 4.59. The minimum atomic E-state index is -0.712. The molecule has 0 unspecified atom stereocenters. The summed E-state index contributed by atoms with van der Waals surface area (Å²) >= 11 is 2.96. The second-order valence-corrected chi connectivity index (χ2v) is 10.2. The summed E-state index contributed by atoms with van der Waals surface area (Å²) in [6.07, 6.45) is 0.206. The van der Waals surface area contributed by atoms with Gasteiger partial charge in [0.1, 0.15) is 40.1 Å². The molecule has 0 saturated carbocycles. The molecule has 5 rings (SSSR count). The molecule has 1 saturated heterocycles. The van der Waals surface area contributed by atoms with Crippen LogP contribution < -0.4 is 14.8 Å². The Labute approximate surface area is 209 Å². The third-order valence-corrected chi connectivity index (χ3v) is 7.86. The van der Waals surface area contributed by atoms with Gasteiger partial charge in [-0.05, 0) is 54.8 Å². The Morgan fingerprint density at radius 2 is 1.91 bits per heavy atom. The van der Waals surface area contributed by atoms with Crippen LogP contribution in [0.4, 0.5) is 0 Å². The van der Waals surface area contributed by atoms with E-state index in [1.165, 1.54) is 28.0 Å². The Morgan fingerprint density at radius 1 is 1.14 bits per heavy atom. The standard InChI is InChI=1S/C25H22N2O6S2/c1-14-5-10-19(32-14)18-13-35-24-21(26-20(28)12-17-4-3-11-34-17)23(29)27(24)22(18)25(30)33-16-8-6-15(31-2)7-9-16/h3-11,21,24H,12-13H2,1-2H3,(H,26,28)/t21-,24+/m1/s1. The average molecular weight is 511 g/mol. The molecular weight excluding hydrogens is 488 g/mol. The number of ether oxygens (including phenoxy) is 2. The van der Waals surface area contributed by atoms with Crippen molar-refractivity contribution in [3.05, 3.63) is 76.0 Å². The molecule has 2 amide bonds. The lowest BCUT2D eigenvalue weighted by molar-refractivity contribution is -0.149. The van der Waals surface area contributed by atoms with Gasteiger partial charge >= 0.3 is 5.97 Å². The van der Waals surface area contributed by atoms with Gasteiger partial charge in [-0.25, -0.2) is 4.79 Å². The lowest BCUT2D eigenvalue weighted by atomic mass is 10.0. The van der Waals surface area contributed by atoms with Crippen LogP contribution in [0.2, 0.25) is 0 Å². The zero-order valence-corrected chi connectivity index (χ0v) is 20.6. The highest BCUT2D eigenvalue weighted by Gasteiger charge is 2.55. The number of amides is 2. The molecule has 8 nitrogen and oxygen atoms in total. The fraction of sp³-hybridized carbons (Fsp3) is 0.240. The molecule has 10 heteroatoms. The first-order valence-corrected chi connectivity index (χ1v) is 12.8. The number of fused-ring (bicyclic) bond motifs is 1. The van der Waals surface area contributed by atoms with Crippen molar-refractivity contribution in [3.8, 4) is 11.5 Å². The van der Waals surface area contributed by atoms with Gasteiger partial charge in [0.05, 0.1) is 13.5 Å². The SMILES string of the molecule is COc1ccc(OC(=O)C2=C(c3ccc(C)o3)CS[C@H]3[C@H](NC(=O)Cc4cccs4)C(=O)N23)cc1. The van der Waals surface area contributed by atoms with Gasteiger partial charge in [0, 0.05) is 16.2 Å². The topological polar surface area (TPSA) is 98.1 Å². The summed E-state index contributed by atoms with van der Waals surface area (Å²) in [5, 5.41) is 4.32. The number of thiophene rings is 1. The van der Waals surface area contributed by atoms with Crippen molar-refractivity contribution in [1.82, 2.24) is 10.2 Å². The normalized spacial score (nSPS) is 19.1. The molecule has 2 aromatic heterocycles. The lowest BCUT2D eigenvalue weighted by Gasteiger charge is -2.49. The highest BCUT2D eigenvalue weighted by Crippen LogP contribution is 2.44. The van der Waals surface area contributed by atoms with Crippen molar-refractivity contribution in [2.75, 3.05) is 12.9 Å².